The van der Waals surface area contributed by atoms with E-state index in [2.05, 4.69) is 0 Å². The molecule has 1 aliphatic carbocycles. The fourth-order valence-corrected chi connectivity index (χ4v) is 3.99. The Morgan fingerprint density at radius 2 is 1.82 bits per heavy atom. The van der Waals surface area contributed by atoms with Crippen LogP contribution in [-0.4, -0.2) is 39.7 Å². The Bertz CT molecular complexity index is 508. The fraction of sp³-hybridized carbons (Fsp3) is 0.611. The van der Waals surface area contributed by atoms with Gasteiger partial charge in [-0.3, -0.25) is 4.79 Å². The molecule has 0 aromatic heterocycles. The van der Waals surface area contributed by atoms with Gasteiger partial charge in [0.05, 0.1) is 12.5 Å². The van der Waals surface area contributed by atoms with Gasteiger partial charge in [0.15, 0.2) is 0 Å². The van der Waals surface area contributed by atoms with Crippen molar-refractivity contribution in [2.45, 2.75) is 57.1 Å². The summed E-state index contributed by atoms with van der Waals surface area (Å²) >= 11 is 0. The molecule has 1 aromatic carbocycles. The summed E-state index contributed by atoms with van der Waals surface area (Å²) < 4.78 is 0. The number of likely N-dealkylation sites (tertiary alicyclic amines) is 1. The molecule has 22 heavy (non-hydrogen) atoms. The summed E-state index contributed by atoms with van der Waals surface area (Å²) in [4.78, 5) is 14.6. The van der Waals surface area contributed by atoms with Gasteiger partial charge in [0.2, 0.25) is 5.91 Å². The third-order valence-corrected chi connectivity index (χ3v) is 5.13. The van der Waals surface area contributed by atoms with Crippen LogP contribution in [-0.2, 0) is 11.2 Å². The number of aromatic hydroxyl groups is 1. The first-order valence-corrected chi connectivity index (χ1v) is 8.39. The molecule has 1 saturated heterocycles. The molecule has 1 aliphatic heterocycles. The van der Waals surface area contributed by atoms with Crippen LogP contribution in [0.1, 0.15) is 44.1 Å². The van der Waals surface area contributed by atoms with Crippen molar-refractivity contribution in [3.05, 3.63) is 29.8 Å². The number of phenolic OH excluding ortho intramolecular Hbond substituents is 1. The second-order valence-corrected chi connectivity index (χ2v) is 6.74. The molecule has 0 spiro atoms. The van der Waals surface area contributed by atoms with Gasteiger partial charge in [-0.1, -0.05) is 31.4 Å². The molecule has 2 N–H and O–H groups in total. The molecule has 1 saturated carbocycles. The Hall–Kier alpha value is -1.55. The van der Waals surface area contributed by atoms with E-state index in [0.29, 0.717) is 18.9 Å². The van der Waals surface area contributed by atoms with Gasteiger partial charge >= 0.3 is 0 Å². The van der Waals surface area contributed by atoms with Crippen LogP contribution < -0.4 is 0 Å². The van der Waals surface area contributed by atoms with Crippen LogP contribution >= 0.6 is 0 Å². The van der Waals surface area contributed by atoms with Crippen LogP contribution in [0.2, 0.25) is 0 Å². The van der Waals surface area contributed by atoms with E-state index in [1.165, 1.54) is 32.1 Å². The van der Waals surface area contributed by atoms with E-state index >= 15 is 0 Å². The second-order valence-electron chi connectivity index (χ2n) is 6.74. The molecule has 2 unspecified atom stereocenters. The topological polar surface area (TPSA) is 60.8 Å². The number of amides is 1. The van der Waals surface area contributed by atoms with Gasteiger partial charge in [0.1, 0.15) is 5.75 Å². The Kier molecular flexibility index (Phi) is 4.67. The van der Waals surface area contributed by atoms with Gasteiger partial charge in [-0.25, -0.2) is 0 Å². The zero-order valence-corrected chi connectivity index (χ0v) is 12.9. The number of aliphatic hydroxyl groups excluding tert-OH is 1. The van der Waals surface area contributed by atoms with Crippen molar-refractivity contribution in [2.75, 3.05) is 6.54 Å². The van der Waals surface area contributed by atoms with E-state index in [0.717, 1.165) is 12.0 Å². The molecule has 3 rings (SSSR count). The van der Waals surface area contributed by atoms with Crippen molar-refractivity contribution in [2.24, 2.45) is 5.92 Å². The van der Waals surface area contributed by atoms with Crippen molar-refractivity contribution >= 4 is 5.91 Å². The third-order valence-electron chi connectivity index (χ3n) is 5.13. The minimum absolute atomic E-state index is 0.0952. The highest BCUT2D eigenvalue weighted by atomic mass is 16.3. The van der Waals surface area contributed by atoms with Crippen molar-refractivity contribution in [3.8, 4) is 5.75 Å². The highest BCUT2D eigenvalue weighted by Crippen LogP contribution is 2.34. The lowest BCUT2D eigenvalue weighted by Gasteiger charge is -2.34. The summed E-state index contributed by atoms with van der Waals surface area (Å²) in [5, 5.41) is 19.3. The summed E-state index contributed by atoms with van der Waals surface area (Å²) in [6.07, 6.45) is 6.85. The highest BCUT2D eigenvalue weighted by molar-refractivity contribution is 5.79. The molecule has 1 aromatic rings. The average Bonchev–Trinajstić information content (AvgIpc) is 2.92. The van der Waals surface area contributed by atoms with Gasteiger partial charge in [-0.15, -0.1) is 0 Å². The standard InChI is InChI=1S/C18H25NO3/c20-15-8-6-13(7-9-15)10-18(22)19-12-16(21)11-17(19)14-4-2-1-3-5-14/h6-9,14,16-17,20-21H,1-5,10-12H2. The number of hydrogen-bond acceptors (Lipinski definition) is 3. The van der Waals surface area contributed by atoms with Gasteiger partial charge < -0.3 is 15.1 Å². The largest absolute Gasteiger partial charge is 0.508 e. The van der Waals surface area contributed by atoms with E-state index in [1.807, 2.05) is 4.90 Å². The van der Waals surface area contributed by atoms with Crippen LogP contribution in [0.4, 0.5) is 0 Å². The van der Waals surface area contributed by atoms with E-state index < -0.39 is 0 Å². The normalized spacial score (nSPS) is 26.3. The van der Waals surface area contributed by atoms with E-state index in [4.69, 9.17) is 0 Å². The van der Waals surface area contributed by atoms with Crippen molar-refractivity contribution in [1.82, 2.24) is 4.90 Å². The molecule has 1 amide bonds. The van der Waals surface area contributed by atoms with Crippen molar-refractivity contribution < 1.29 is 15.0 Å². The third kappa shape index (κ3) is 3.43. The number of carbonyl (C=O) groups is 1. The summed E-state index contributed by atoms with van der Waals surface area (Å²) in [6.45, 7) is 0.470. The number of β-amino-alcohol motifs (C(OH)–C–C–N with tert-alkyl or cyclic N) is 1. The number of hydrogen-bond donors (Lipinski definition) is 2. The van der Waals surface area contributed by atoms with Crippen molar-refractivity contribution in [3.63, 3.8) is 0 Å². The monoisotopic (exact) mass is 303 g/mol. The lowest BCUT2D eigenvalue weighted by atomic mass is 9.82. The highest BCUT2D eigenvalue weighted by Gasteiger charge is 2.38. The number of carbonyl (C=O) groups excluding carboxylic acids is 1. The maximum atomic E-state index is 12.7. The number of benzene rings is 1. The van der Waals surface area contributed by atoms with E-state index in [9.17, 15) is 15.0 Å². The molecule has 1 heterocycles. The van der Waals surface area contributed by atoms with Crippen LogP contribution in [0.3, 0.4) is 0 Å². The number of phenols is 1. The van der Waals surface area contributed by atoms with Gasteiger partial charge in [-0.2, -0.15) is 0 Å². The first-order valence-electron chi connectivity index (χ1n) is 8.39. The molecule has 2 aliphatic rings. The predicted molar refractivity (Wildman–Crippen MR) is 84.5 cm³/mol. The van der Waals surface area contributed by atoms with Gasteiger partial charge in [0, 0.05) is 12.6 Å². The zero-order valence-electron chi connectivity index (χ0n) is 12.9. The minimum atomic E-state index is -0.379. The average molecular weight is 303 g/mol. The molecule has 4 heteroatoms. The lowest BCUT2D eigenvalue weighted by molar-refractivity contribution is -0.132. The first-order chi connectivity index (χ1) is 10.6. The first kappa shape index (κ1) is 15.3. The SMILES string of the molecule is O=C(Cc1ccc(O)cc1)N1CC(O)CC1C1CCCCC1. The Balaban J connectivity index is 1.67. The Morgan fingerprint density at radius 3 is 2.50 bits per heavy atom. The van der Waals surface area contributed by atoms with Gasteiger partial charge in [0.25, 0.3) is 0 Å². The lowest BCUT2D eigenvalue weighted by Crippen LogP contribution is -2.41. The molecular formula is C18H25NO3. The zero-order chi connectivity index (χ0) is 15.5. The number of aliphatic hydroxyl groups is 1. The van der Waals surface area contributed by atoms with Crippen LogP contribution in [0.5, 0.6) is 5.75 Å². The fourth-order valence-electron chi connectivity index (χ4n) is 3.99. The van der Waals surface area contributed by atoms with E-state index in [-0.39, 0.29) is 23.8 Å². The quantitative estimate of drug-likeness (QED) is 0.902. The number of nitrogens with zero attached hydrogens (tertiary/aromatic N) is 1. The molecule has 0 bridgehead atoms. The summed E-state index contributed by atoms with van der Waals surface area (Å²) in [5.74, 6) is 0.861. The Morgan fingerprint density at radius 1 is 1.14 bits per heavy atom. The number of rotatable bonds is 3. The summed E-state index contributed by atoms with van der Waals surface area (Å²) in [5.41, 5.74) is 0.909. The van der Waals surface area contributed by atoms with Crippen LogP contribution in [0, 0.1) is 5.92 Å². The van der Waals surface area contributed by atoms with Crippen LogP contribution in [0.15, 0.2) is 24.3 Å². The second kappa shape index (κ2) is 6.69. The summed E-state index contributed by atoms with van der Waals surface area (Å²) in [6, 6.07) is 7.00. The van der Waals surface area contributed by atoms with Crippen LogP contribution in [0.25, 0.3) is 0 Å². The summed E-state index contributed by atoms with van der Waals surface area (Å²) in [7, 11) is 0. The maximum absolute atomic E-state index is 12.7. The van der Waals surface area contributed by atoms with Gasteiger partial charge in [-0.05, 0) is 42.9 Å². The predicted octanol–water partition coefficient (Wildman–Crippen LogP) is 2.48. The van der Waals surface area contributed by atoms with E-state index in [1.54, 1.807) is 24.3 Å². The molecule has 2 fully saturated rings. The minimum Gasteiger partial charge on any atom is -0.508 e. The molecule has 2 atom stereocenters. The molecule has 4 nitrogen and oxygen atoms in total. The Labute approximate surface area is 131 Å². The molecule has 0 radical (unpaired) electrons. The maximum Gasteiger partial charge on any atom is 0.227 e. The molecule has 120 valence electrons. The molecular weight excluding hydrogens is 278 g/mol. The smallest absolute Gasteiger partial charge is 0.227 e. The van der Waals surface area contributed by atoms with Crippen molar-refractivity contribution in [1.29, 1.82) is 0 Å².